The highest BCUT2D eigenvalue weighted by atomic mass is 16.4. The Bertz CT molecular complexity index is 553. The molecule has 5 heteroatoms. The molecule has 1 aromatic rings. The SMILES string of the molecule is O=C(O)C1CC(=O)N(CCN2CCC(c3ccccc3)CC2)C1. The van der Waals surface area contributed by atoms with E-state index in [1.54, 1.807) is 4.90 Å². The fraction of sp³-hybridized carbons (Fsp3) is 0.556. The van der Waals surface area contributed by atoms with E-state index in [0.29, 0.717) is 19.0 Å². The first-order chi connectivity index (χ1) is 11.1. The predicted molar refractivity (Wildman–Crippen MR) is 87.2 cm³/mol. The summed E-state index contributed by atoms with van der Waals surface area (Å²) in [6, 6.07) is 10.7. The van der Waals surface area contributed by atoms with Gasteiger partial charge in [-0.15, -0.1) is 0 Å². The van der Waals surface area contributed by atoms with Crippen LogP contribution in [0.3, 0.4) is 0 Å². The number of carbonyl (C=O) groups is 2. The van der Waals surface area contributed by atoms with Crippen molar-refractivity contribution in [1.29, 1.82) is 0 Å². The Morgan fingerprint density at radius 2 is 1.83 bits per heavy atom. The van der Waals surface area contributed by atoms with Gasteiger partial charge in [-0.25, -0.2) is 0 Å². The second-order valence-electron chi connectivity index (χ2n) is 6.61. The highest BCUT2D eigenvalue weighted by Crippen LogP contribution is 2.27. The van der Waals surface area contributed by atoms with Crippen molar-refractivity contribution >= 4 is 11.9 Å². The van der Waals surface area contributed by atoms with Crippen LogP contribution < -0.4 is 0 Å². The molecule has 2 fully saturated rings. The molecule has 2 aliphatic heterocycles. The molecule has 0 spiro atoms. The Morgan fingerprint density at radius 1 is 1.13 bits per heavy atom. The highest BCUT2D eigenvalue weighted by molar-refractivity contribution is 5.86. The lowest BCUT2D eigenvalue weighted by Crippen LogP contribution is -2.40. The lowest BCUT2D eigenvalue weighted by Gasteiger charge is -2.33. The van der Waals surface area contributed by atoms with Crippen molar-refractivity contribution < 1.29 is 14.7 Å². The fourth-order valence-corrected chi connectivity index (χ4v) is 3.63. The number of hydrogen-bond acceptors (Lipinski definition) is 3. The van der Waals surface area contributed by atoms with Crippen LogP contribution >= 0.6 is 0 Å². The van der Waals surface area contributed by atoms with E-state index in [0.717, 1.165) is 32.5 Å². The molecule has 2 heterocycles. The van der Waals surface area contributed by atoms with Crippen LogP contribution in [0.1, 0.15) is 30.7 Å². The van der Waals surface area contributed by atoms with E-state index < -0.39 is 11.9 Å². The lowest BCUT2D eigenvalue weighted by atomic mass is 9.89. The number of piperidine rings is 1. The van der Waals surface area contributed by atoms with Gasteiger partial charge in [-0.2, -0.15) is 0 Å². The topological polar surface area (TPSA) is 60.9 Å². The molecule has 1 atom stereocenters. The first kappa shape index (κ1) is 16.0. The third-order valence-electron chi connectivity index (χ3n) is 5.11. The molecular formula is C18H24N2O3. The maximum atomic E-state index is 11.8. The number of benzene rings is 1. The molecule has 0 bridgehead atoms. The molecule has 0 radical (unpaired) electrons. The number of nitrogens with zero attached hydrogens (tertiary/aromatic N) is 2. The van der Waals surface area contributed by atoms with E-state index in [1.807, 2.05) is 0 Å². The van der Waals surface area contributed by atoms with Gasteiger partial charge in [0.15, 0.2) is 0 Å². The average Bonchev–Trinajstić information content (AvgIpc) is 2.96. The van der Waals surface area contributed by atoms with Crippen molar-refractivity contribution in [3.05, 3.63) is 35.9 Å². The minimum Gasteiger partial charge on any atom is -0.481 e. The van der Waals surface area contributed by atoms with E-state index in [1.165, 1.54) is 5.56 Å². The molecule has 1 aromatic carbocycles. The van der Waals surface area contributed by atoms with Crippen LogP contribution in [-0.4, -0.2) is 59.5 Å². The summed E-state index contributed by atoms with van der Waals surface area (Å²) in [6.45, 7) is 3.96. The van der Waals surface area contributed by atoms with Crippen LogP contribution in [-0.2, 0) is 9.59 Å². The Labute approximate surface area is 136 Å². The lowest BCUT2D eigenvalue weighted by molar-refractivity contribution is -0.141. The summed E-state index contributed by atoms with van der Waals surface area (Å²) in [5.74, 6) is -0.760. The minimum absolute atomic E-state index is 0.0171. The number of aliphatic carboxylic acids is 1. The molecule has 23 heavy (non-hydrogen) atoms. The molecule has 2 aliphatic rings. The first-order valence-electron chi connectivity index (χ1n) is 8.41. The summed E-state index contributed by atoms with van der Waals surface area (Å²) in [4.78, 5) is 26.9. The van der Waals surface area contributed by atoms with Gasteiger partial charge in [0.2, 0.25) is 5.91 Å². The number of likely N-dealkylation sites (tertiary alicyclic amines) is 2. The molecule has 0 aliphatic carbocycles. The zero-order valence-electron chi connectivity index (χ0n) is 13.4. The second-order valence-corrected chi connectivity index (χ2v) is 6.61. The highest BCUT2D eigenvalue weighted by Gasteiger charge is 2.34. The van der Waals surface area contributed by atoms with Crippen molar-refractivity contribution in [2.45, 2.75) is 25.2 Å². The van der Waals surface area contributed by atoms with Gasteiger partial charge in [0, 0.05) is 26.1 Å². The number of amides is 1. The summed E-state index contributed by atoms with van der Waals surface area (Å²) in [5.41, 5.74) is 1.42. The van der Waals surface area contributed by atoms with Crippen LogP contribution in [0, 0.1) is 5.92 Å². The predicted octanol–water partition coefficient (Wildman–Crippen LogP) is 1.80. The van der Waals surface area contributed by atoms with Crippen molar-refractivity contribution in [2.75, 3.05) is 32.7 Å². The zero-order valence-corrected chi connectivity index (χ0v) is 13.4. The van der Waals surface area contributed by atoms with E-state index >= 15 is 0 Å². The maximum Gasteiger partial charge on any atom is 0.308 e. The van der Waals surface area contributed by atoms with Crippen LogP contribution in [0.15, 0.2) is 30.3 Å². The van der Waals surface area contributed by atoms with Gasteiger partial charge < -0.3 is 14.9 Å². The quantitative estimate of drug-likeness (QED) is 0.900. The van der Waals surface area contributed by atoms with Gasteiger partial charge in [0.05, 0.1) is 5.92 Å². The molecule has 1 N–H and O–H groups in total. The Hall–Kier alpha value is -1.88. The Morgan fingerprint density at radius 3 is 2.43 bits per heavy atom. The molecule has 1 amide bonds. The molecule has 5 nitrogen and oxygen atoms in total. The normalized spacial score (nSPS) is 23.4. The molecule has 0 saturated carbocycles. The van der Waals surface area contributed by atoms with Crippen LogP contribution in [0.5, 0.6) is 0 Å². The van der Waals surface area contributed by atoms with Crippen molar-refractivity contribution in [1.82, 2.24) is 9.80 Å². The van der Waals surface area contributed by atoms with Crippen LogP contribution in [0.4, 0.5) is 0 Å². The van der Waals surface area contributed by atoms with Gasteiger partial charge in [0.1, 0.15) is 0 Å². The maximum absolute atomic E-state index is 11.8. The minimum atomic E-state index is -0.857. The van der Waals surface area contributed by atoms with Crippen LogP contribution in [0.25, 0.3) is 0 Å². The third kappa shape index (κ3) is 3.91. The summed E-state index contributed by atoms with van der Waals surface area (Å²) in [7, 11) is 0. The molecule has 3 rings (SSSR count). The number of carbonyl (C=O) groups excluding carboxylic acids is 1. The summed E-state index contributed by atoms with van der Waals surface area (Å²) in [5, 5.41) is 9.01. The molecule has 124 valence electrons. The van der Waals surface area contributed by atoms with Gasteiger partial charge in [-0.05, 0) is 37.4 Å². The summed E-state index contributed by atoms with van der Waals surface area (Å²) >= 11 is 0. The Kier molecular flexibility index (Phi) is 4.96. The molecule has 0 aromatic heterocycles. The Balaban J connectivity index is 1.43. The standard InChI is InChI=1S/C18H24N2O3/c21-17-12-16(18(22)23)13-20(17)11-10-19-8-6-15(7-9-19)14-4-2-1-3-5-14/h1-5,15-16H,6-13H2,(H,22,23). The summed E-state index contributed by atoms with van der Waals surface area (Å²) in [6.07, 6.45) is 2.46. The van der Waals surface area contributed by atoms with E-state index in [9.17, 15) is 9.59 Å². The van der Waals surface area contributed by atoms with Gasteiger partial charge >= 0.3 is 5.97 Å². The smallest absolute Gasteiger partial charge is 0.308 e. The summed E-state index contributed by atoms with van der Waals surface area (Å²) < 4.78 is 0. The van der Waals surface area contributed by atoms with Crippen LogP contribution in [0.2, 0.25) is 0 Å². The molecule has 1 unspecified atom stereocenters. The zero-order chi connectivity index (χ0) is 16.2. The molecular weight excluding hydrogens is 292 g/mol. The van der Waals surface area contributed by atoms with Crippen molar-refractivity contribution in [3.63, 3.8) is 0 Å². The van der Waals surface area contributed by atoms with E-state index in [4.69, 9.17) is 5.11 Å². The van der Waals surface area contributed by atoms with Crippen molar-refractivity contribution in [3.8, 4) is 0 Å². The first-order valence-corrected chi connectivity index (χ1v) is 8.41. The number of rotatable bonds is 5. The van der Waals surface area contributed by atoms with Gasteiger partial charge in [-0.1, -0.05) is 30.3 Å². The van der Waals surface area contributed by atoms with E-state index in [2.05, 4.69) is 35.2 Å². The van der Waals surface area contributed by atoms with Gasteiger partial charge in [0.25, 0.3) is 0 Å². The molecule has 2 saturated heterocycles. The number of carboxylic acids is 1. The van der Waals surface area contributed by atoms with Crippen molar-refractivity contribution in [2.24, 2.45) is 5.92 Å². The van der Waals surface area contributed by atoms with E-state index in [-0.39, 0.29) is 12.3 Å². The fourth-order valence-electron chi connectivity index (χ4n) is 3.63. The largest absolute Gasteiger partial charge is 0.481 e. The van der Waals surface area contributed by atoms with Gasteiger partial charge in [-0.3, -0.25) is 9.59 Å². The monoisotopic (exact) mass is 316 g/mol. The second kappa shape index (κ2) is 7.13. The third-order valence-corrected chi connectivity index (χ3v) is 5.11. The number of carboxylic acid groups (broad SMARTS) is 1. The number of hydrogen-bond donors (Lipinski definition) is 1. The average molecular weight is 316 g/mol.